The highest BCUT2D eigenvalue weighted by Crippen LogP contribution is 2.31. The van der Waals surface area contributed by atoms with Gasteiger partial charge in [-0.25, -0.2) is 9.18 Å². The number of rotatable bonds is 7. The predicted octanol–water partition coefficient (Wildman–Crippen LogP) is 3.43. The number of benzene rings is 3. The summed E-state index contributed by atoms with van der Waals surface area (Å²) in [6.45, 7) is -0.285. The summed E-state index contributed by atoms with van der Waals surface area (Å²) < 4.78 is 27.7. The summed E-state index contributed by atoms with van der Waals surface area (Å²) >= 11 is 6.24. The molecule has 4 aromatic rings. The fraction of sp³-hybridized carbons (Fsp3) is 0.192. The highest BCUT2D eigenvalue weighted by atomic mass is 35.5. The van der Waals surface area contributed by atoms with E-state index in [1.165, 1.54) is 56.2 Å². The van der Waals surface area contributed by atoms with Crippen molar-refractivity contribution in [1.29, 1.82) is 0 Å². The largest absolute Gasteiger partial charge is 0.493 e. The van der Waals surface area contributed by atoms with Crippen LogP contribution < -0.4 is 26.0 Å². The smallest absolute Gasteiger partial charge is 0.332 e. The normalized spacial score (nSPS) is 10.9. The zero-order valence-electron chi connectivity index (χ0n) is 19.8. The molecule has 0 bridgehead atoms. The van der Waals surface area contributed by atoms with Crippen LogP contribution in [0, 0.1) is 5.82 Å². The van der Waals surface area contributed by atoms with Crippen molar-refractivity contribution in [3.63, 3.8) is 0 Å². The van der Waals surface area contributed by atoms with Crippen LogP contribution in [0.15, 0.2) is 64.2 Å². The van der Waals surface area contributed by atoms with Gasteiger partial charge in [-0.1, -0.05) is 29.8 Å². The number of carbonyl (C=O) groups is 1. The van der Waals surface area contributed by atoms with Crippen LogP contribution in [0.5, 0.6) is 11.5 Å². The summed E-state index contributed by atoms with van der Waals surface area (Å²) in [5, 5.41) is 2.87. The molecule has 10 heteroatoms. The first kappa shape index (κ1) is 25.0. The monoisotopic (exact) mass is 511 g/mol. The van der Waals surface area contributed by atoms with Gasteiger partial charge >= 0.3 is 5.69 Å². The number of methoxy groups -OCH3 is 2. The number of hydrogen-bond acceptors (Lipinski definition) is 5. The molecule has 1 N–H and O–H groups in total. The van der Waals surface area contributed by atoms with Crippen LogP contribution in [0.4, 0.5) is 4.39 Å². The summed E-state index contributed by atoms with van der Waals surface area (Å²) in [5.41, 5.74) is 0.204. The average molecular weight is 512 g/mol. The van der Waals surface area contributed by atoms with Gasteiger partial charge in [-0.3, -0.25) is 18.7 Å². The third-order valence-corrected chi connectivity index (χ3v) is 6.25. The molecule has 8 nitrogen and oxygen atoms in total. The quantitative estimate of drug-likeness (QED) is 0.410. The fourth-order valence-electron chi connectivity index (χ4n) is 3.97. The van der Waals surface area contributed by atoms with E-state index in [4.69, 9.17) is 21.1 Å². The topological polar surface area (TPSA) is 91.6 Å². The minimum atomic E-state index is -0.658. The van der Waals surface area contributed by atoms with Gasteiger partial charge in [0.15, 0.2) is 11.5 Å². The molecule has 186 valence electrons. The number of ether oxygens (including phenoxy) is 2. The average Bonchev–Trinajstić information content (AvgIpc) is 2.89. The molecule has 0 atom stereocenters. The van der Waals surface area contributed by atoms with Crippen molar-refractivity contribution in [2.24, 2.45) is 0 Å². The van der Waals surface area contributed by atoms with Gasteiger partial charge in [-0.05, 0) is 35.9 Å². The van der Waals surface area contributed by atoms with Crippen LogP contribution in [-0.2, 0) is 13.1 Å². The molecule has 0 aliphatic heterocycles. The zero-order valence-corrected chi connectivity index (χ0v) is 20.6. The molecule has 0 fully saturated rings. The third kappa shape index (κ3) is 4.57. The minimum Gasteiger partial charge on any atom is -0.493 e. The van der Waals surface area contributed by atoms with Gasteiger partial charge in [0.2, 0.25) is 0 Å². The Balaban J connectivity index is 1.94. The second-order valence-electron chi connectivity index (χ2n) is 7.96. The van der Waals surface area contributed by atoms with Crippen molar-refractivity contribution in [3.8, 4) is 11.5 Å². The van der Waals surface area contributed by atoms with E-state index in [1.54, 1.807) is 24.3 Å². The van der Waals surface area contributed by atoms with Crippen LogP contribution in [0.3, 0.4) is 0 Å². The Labute approximate surface area is 210 Å². The van der Waals surface area contributed by atoms with E-state index in [1.807, 2.05) is 0 Å². The molecule has 0 aliphatic rings. The third-order valence-electron chi connectivity index (χ3n) is 5.89. The summed E-state index contributed by atoms with van der Waals surface area (Å²) in [4.78, 5) is 38.9. The molecule has 0 unspecified atom stereocenters. The Kier molecular flexibility index (Phi) is 7.12. The van der Waals surface area contributed by atoms with Crippen LogP contribution in [-0.4, -0.2) is 36.3 Å². The van der Waals surface area contributed by atoms with E-state index in [-0.39, 0.29) is 40.5 Å². The van der Waals surface area contributed by atoms with Crippen LogP contribution in [0.1, 0.15) is 21.5 Å². The lowest BCUT2D eigenvalue weighted by atomic mass is 10.1. The molecule has 0 aliphatic carbocycles. The number of nitrogens with zero attached hydrogens (tertiary/aromatic N) is 2. The van der Waals surface area contributed by atoms with Gasteiger partial charge < -0.3 is 14.8 Å². The van der Waals surface area contributed by atoms with Crippen molar-refractivity contribution >= 4 is 28.4 Å². The number of fused-ring (bicyclic) bond motifs is 1. The van der Waals surface area contributed by atoms with E-state index in [0.717, 1.165) is 4.57 Å². The fourth-order valence-corrected chi connectivity index (χ4v) is 4.19. The number of hydrogen-bond donors (Lipinski definition) is 1. The highest BCUT2D eigenvalue weighted by molar-refractivity contribution is 6.31. The van der Waals surface area contributed by atoms with Crippen molar-refractivity contribution in [2.75, 3.05) is 21.3 Å². The van der Waals surface area contributed by atoms with Gasteiger partial charge in [-0.15, -0.1) is 0 Å². The molecule has 0 saturated heterocycles. The number of amides is 1. The zero-order chi connectivity index (χ0) is 26.0. The second-order valence-corrected chi connectivity index (χ2v) is 8.37. The Morgan fingerprint density at radius 3 is 2.25 bits per heavy atom. The van der Waals surface area contributed by atoms with E-state index < -0.39 is 17.1 Å². The predicted molar refractivity (Wildman–Crippen MR) is 135 cm³/mol. The minimum absolute atomic E-state index is 0.0685. The van der Waals surface area contributed by atoms with Crippen molar-refractivity contribution in [1.82, 2.24) is 14.5 Å². The Morgan fingerprint density at radius 1 is 0.972 bits per heavy atom. The maximum Gasteiger partial charge on any atom is 0.332 e. The number of carbonyl (C=O) groups excluding carboxylic acids is 1. The van der Waals surface area contributed by atoms with E-state index in [0.29, 0.717) is 22.6 Å². The summed E-state index contributed by atoms with van der Waals surface area (Å²) in [7, 11) is 4.40. The number of halogens is 2. The molecule has 1 amide bonds. The highest BCUT2D eigenvalue weighted by Gasteiger charge is 2.19. The molecular formula is C26H23ClFN3O5. The van der Waals surface area contributed by atoms with E-state index >= 15 is 0 Å². The Bertz CT molecular complexity index is 1560. The van der Waals surface area contributed by atoms with Crippen LogP contribution in [0.25, 0.3) is 10.9 Å². The van der Waals surface area contributed by atoms with E-state index in [9.17, 15) is 18.8 Å². The van der Waals surface area contributed by atoms with Crippen LogP contribution >= 0.6 is 11.6 Å². The van der Waals surface area contributed by atoms with Crippen molar-refractivity contribution < 1.29 is 18.7 Å². The van der Waals surface area contributed by atoms with Crippen molar-refractivity contribution in [2.45, 2.75) is 13.1 Å². The van der Waals surface area contributed by atoms with Gasteiger partial charge in [0.05, 0.1) is 38.2 Å². The molecule has 1 aromatic heterocycles. The molecule has 1 heterocycles. The molecule has 0 saturated carbocycles. The first-order valence-electron chi connectivity index (χ1n) is 10.9. The number of aromatic nitrogens is 2. The number of nitrogens with one attached hydrogen (secondary N) is 1. The van der Waals surface area contributed by atoms with Gasteiger partial charge in [0.25, 0.3) is 11.5 Å². The first-order valence-corrected chi connectivity index (χ1v) is 11.3. The van der Waals surface area contributed by atoms with Gasteiger partial charge in [-0.2, -0.15) is 0 Å². The summed E-state index contributed by atoms with van der Waals surface area (Å²) in [6.07, 6.45) is 0. The molecule has 0 spiro atoms. The first-order chi connectivity index (χ1) is 17.3. The summed E-state index contributed by atoms with van der Waals surface area (Å²) in [6, 6.07) is 13.8. The SMILES string of the molecule is CNC(=O)c1ccc(Cn2c(=O)c3cc(OC)c(OC)cc3n(Cc3c(F)cccc3Cl)c2=O)cc1. The molecular weight excluding hydrogens is 489 g/mol. The molecule has 4 rings (SSSR count). The molecule has 0 radical (unpaired) electrons. The Hall–Kier alpha value is -4.11. The molecule has 36 heavy (non-hydrogen) atoms. The molecule has 3 aromatic carbocycles. The lowest BCUT2D eigenvalue weighted by Crippen LogP contribution is -2.40. The van der Waals surface area contributed by atoms with Crippen LogP contribution in [0.2, 0.25) is 5.02 Å². The summed E-state index contributed by atoms with van der Waals surface area (Å²) in [5.74, 6) is -0.224. The second kappa shape index (κ2) is 10.2. The lowest BCUT2D eigenvalue weighted by Gasteiger charge is -2.17. The lowest BCUT2D eigenvalue weighted by molar-refractivity contribution is 0.0963. The van der Waals surface area contributed by atoms with Gasteiger partial charge in [0, 0.05) is 29.3 Å². The maximum absolute atomic E-state index is 14.6. The standard InChI is InChI=1S/C26H23ClFN3O5/c1-29-24(32)16-9-7-15(8-10-16)13-31-25(33)17-11-22(35-2)23(36-3)12-21(17)30(26(31)34)14-18-19(27)5-4-6-20(18)28/h4-12H,13-14H2,1-3H3,(H,29,32). The van der Waals surface area contributed by atoms with E-state index in [2.05, 4.69) is 5.32 Å². The Morgan fingerprint density at radius 2 is 1.64 bits per heavy atom. The van der Waals surface area contributed by atoms with Gasteiger partial charge in [0.1, 0.15) is 5.82 Å². The van der Waals surface area contributed by atoms with Crippen molar-refractivity contribution in [3.05, 3.63) is 103 Å². The maximum atomic E-state index is 14.6.